The molecule has 1 aliphatic heterocycles. The molecule has 5 nitrogen and oxygen atoms in total. The van der Waals surface area contributed by atoms with Gasteiger partial charge in [-0.3, -0.25) is 0 Å². The van der Waals surface area contributed by atoms with Crippen molar-refractivity contribution in [3.8, 4) is 0 Å². The molecule has 2 rings (SSSR count). The lowest BCUT2D eigenvalue weighted by Gasteiger charge is -2.32. The molecule has 0 bridgehead atoms. The highest BCUT2D eigenvalue weighted by molar-refractivity contribution is 5.88. The van der Waals surface area contributed by atoms with Crippen LogP contribution in [0.25, 0.3) is 0 Å². The van der Waals surface area contributed by atoms with Crippen LogP contribution < -0.4 is 0 Å². The number of likely N-dealkylation sites (tertiary alicyclic amines) is 1. The van der Waals surface area contributed by atoms with Crippen LogP contribution in [0.5, 0.6) is 0 Å². The van der Waals surface area contributed by atoms with E-state index in [2.05, 4.69) is 0 Å². The summed E-state index contributed by atoms with van der Waals surface area (Å²) in [6, 6.07) is 0. The molecule has 1 spiro atoms. The van der Waals surface area contributed by atoms with Gasteiger partial charge < -0.3 is 14.4 Å². The van der Waals surface area contributed by atoms with Gasteiger partial charge in [0.1, 0.15) is 5.60 Å². The molecule has 1 unspecified atom stereocenters. The van der Waals surface area contributed by atoms with Gasteiger partial charge >= 0.3 is 12.1 Å². The van der Waals surface area contributed by atoms with Gasteiger partial charge in [-0.2, -0.15) is 0 Å². The first kappa shape index (κ1) is 16.8. The summed E-state index contributed by atoms with van der Waals surface area (Å²) in [5, 5.41) is 0. The molecule has 2 aliphatic rings. The van der Waals surface area contributed by atoms with Crippen LogP contribution in [0, 0.1) is 5.41 Å². The second-order valence-corrected chi connectivity index (χ2v) is 7.31. The largest absolute Gasteiger partial charge is 0.463 e. The molecule has 1 amide bonds. The van der Waals surface area contributed by atoms with E-state index in [0.717, 1.165) is 37.8 Å². The number of amides is 1. The van der Waals surface area contributed by atoms with Crippen molar-refractivity contribution in [2.24, 2.45) is 5.41 Å². The lowest BCUT2D eigenvalue weighted by Crippen LogP contribution is -2.37. The highest BCUT2D eigenvalue weighted by Crippen LogP contribution is 2.43. The maximum Gasteiger partial charge on any atom is 0.410 e. The van der Waals surface area contributed by atoms with E-state index in [1.807, 2.05) is 33.8 Å². The molecular formula is C17H27NO4. The van der Waals surface area contributed by atoms with Gasteiger partial charge in [0.05, 0.1) is 6.61 Å². The highest BCUT2D eigenvalue weighted by Gasteiger charge is 2.42. The Morgan fingerprint density at radius 3 is 2.59 bits per heavy atom. The number of carbonyl (C=O) groups excluding carboxylic acids is 2. The zero-order chi connectivity index (χ0) is 16.4. The minimum Gasteiger partial charge on any atom is -0.463 e. The quantitative estimate of drug-likeness (QED) is 0.735. The molecule has 0 N–H and O–H groups in total. The summed E-state index contributed by atoms with van der Waals surface area (Å²) in [5.74, 6) is -0.195. The van der Waals surface area contributed by atoms with Crippen molar-refractivity contribution < 1.29 is 19.1 Å². The van der Waals surface area contributed by atoms with Crippen LogP contribution in [0.2, 0.25) is 0 Å². The van der Waals surface area contributed by atoms with Crippen LogP contribution in [-0.2, 0) is 14.3 Å². The van der Waals surface area contributed by atoms with Crippen LogP contribution in [0.4, 0.5) is 4.79 Å². The summed E-state index contributed by atoms with van der Waals surface area (Å²) in [5.41, 5.74) is 0.423. The molecule has 124 valence electrons. The predicted molar refractivity (Wildman–Crippen MR) is 83.4 cm³/mol. The normalized spacial score (nSPS) is 25.1. The van der Waals surface area contributed by atoms with Gasteiger partial charge in [0.25, 0.3) is 0 Å². The molecule has 0 saturated carbocycles. The predicted octanol–water partition coefficient (Wildman–Crippen LogP) is 3.29. The fourth-order valence-electron chi connectivity index (χ4n) is 3.14. The second-order valence-electron chi connectivity index (χ2n) is 7.31. The lowest BCUT2D eigenvalue weighted by atomic mass is 9.74. The summed E-state index contributed by atoms with van der Waals surface area (Å²) < 4.78 is 10.5. The number of ether oxygens (including phenoxy) is 2. The first-order chi connectivity index (χ1) is 10.2. The minimum atomic E-state index is -0.462. The van der Waals surface area contributed by atoms with Crippen LogP contribution in [0.3, 0.4) is 0 Å². The number of allylic oxidation sites excluding steroid dienone is 1. The molecule has 1 heterocycles. The molecule has 0 radical (unpaired) electrons. The monoisotopic (exact) mass is 309 g/mol. The number of hydrogen-bond acceptors (Lipinski definition) is 4. The molecular weight excluding hydrogens is 282 g/mol. The van der Waals surface area contributed by atoms with Crippen molar-refractivity contribution in [2.45, 2.75) is 59.0 Å². The van der Waals surface area contributed by atoms with Crippen molar-refractivity contribution in [3.63, 3.8) is 0 Å². The van der Waals surface area contributed by atoms with E-state index in [0.29, 0.717) is 13.2 Å². The average molecular weight is 309 g/mol. The van der Waals surface area contributed by atoms with Crippen LogP contribution in [-0.4, -0.2) is 42.3 Å². The number of hydrogen-bond donors (Lipinski definition) is 0. The average Bonchev–Trinajstić information content (AvgIpc) is 2.82. The van der Waals surface area contributed by atoms with Gasteiger partial charge in [0.2, 0.25) is 0 Å². The summed E-state index contributed by atoms with van der Waals surface area (Å²) in [7, 11) is 0. The smallest absolute Gasteiger partial charge is 0.410 e. The van der Waals surface area contributed by atoms with E-state index in [1.54, 1.807) is 4.90 Å². The van der Waals surface area contributed by atoms with Gasteiger partial charge in [-0.25, -0.2) is 9.59 Å². The summed E-state index contributed by atoms with van der Waals surface area (Å²) in [6.07, 6.45) is 5.24. The molecule has 0 aromatic heterocycles. The highest BCUT2D eigenvalue weighted by atomic mass is 16.6. The van der Waals surface area contributed by atoms with E-state index in [1.165, 1.54) is 0 Å². The Balaban J connectivity index is 1.93. The lowest BCUT2D eigenvalue weighted by molar-refractivity contribution is -0.138. The topological polar surface area (TPSA) is 55.8 Å². The Bertz CT molecular complexity index is 478. The zero-order valence-corrected chi connectivity index (χ0v) is 14.1. The van der Waals surface area contributed by atoms with Crippen molar-refractivity contribution in [1.29, 1.82) is 0 Å². The Morgan fingerprint density at radius 2 is 2.05 bits per heavy atom. The molecule has 1 atom stereocenters. The Kier molecular flexibility index (Phi) is 4.83. The first-order valence-corrected chi connectivity index (χ1v) is 8.09. The van der Waals surface area contributed by atoms with E-state index < -0.39 is 5.60 Å². The Labute approximate surface area is 132 Å². The van der Waals surface area contributed by atoms with E-state index in [9.17, 15) is 9.59 Å². The van der Waals surface area contributed by atoms with Crippen molar-refractivity contribution in [2.75, 3.05) is 19.7 Å². The number of nitrogens with zero attached hydrogens (tertiary/aromatic N) is 1. The third-order valence-electron chi connectivity index (χ3n) is 4.33. The number of esters is 1. The summed E-state index contributed by atoms with van der Waals surface area (Å²) >= 11 is 0. The SMILES string of the molecule is CCOC(=O)C1=CCC2(CC1)CCN(C(=O)OC(C)(C)C)C2. The molecule has 0 aromatic rings. The second kappa shape index (κ2) is 6.31. The zero-order valence-electron chi connectivity index (χ0n) is 14.1. The fourth-order valence-corrected chi connectivity index (χ4v) is 3.14. The molecule has 1 fully saturated rings. The van der Waals surface area contributed by atoms with Crippen molar-refractivity contribution >= 4 is 12.1 Å². The standard InChI is InChI=1S/C17H27NO4/c1-5-21-14(19)13-6-8-17(9-7-13)10-11-18(12-17)15(20)22-16(2,3)4/h6H,5,7-12H2,1-4H3. The van der Waals surface area contributed by atoms with Gasteiger partial charge in [0, 0.05) is 18.7 Å². The van der Waals surface area contributed by atoms with Gasteiger partial charge in [-0.1, -0.05) is 6.08 Å². The van der Waals surface area contributed by atoms with E-state index in [4.69, 9.17) is 9.47 Å². The third-order valence-corrected chi connectivity index (χ3v) is 4.33. The van der Waals surface area contributed by atoms with Crippen molar-refractivity contribution in [1.82, 2.24) is 4.90 Å². The molecule has 1 aliphatic carbocycles. The van der Waals surface area contributed by atoms with E-state index in [-0.39, 0.29) is 17.5 Å². The van der Waals surface area contributed by atoms with E-state index >= 15 is 0 Å². The van der Waals surface area contributed by atoms with Gasteiger partial charge in [-0.05, 0) is 58.8 Å². The van der Waals surface area contributed by atoms with Crippen LogP contribution >= 0.6 is 0 Å². The summed E-state index contributed by atoms with van der Waals surface area (Å²) in [6.45, 7) is 9.32. The Morgan fingerprint density at radius 1 is 1.32 bits per heavy atom. The fraction of sp³-hybridized carbons (Fsp3) is 0.765. The molecule has 1 saturated heterocycles. The molecule has 0 aromatic carbocycles. The first-order valence-electron chi connectivity index (χ1n) is 8.09. The summed E-state index contributed by atoms with van der Waals surface area (Å²) in [4.78, 5) is 25.7. The molecule has 22 heavy (non-hydrogen) atoms. The van der Waals surface area contributed by atoms with Gasteiger partial charge in [-0.15, -0.1) is 0 Å². The maximum atomic E-state index is 12.2. The number of rotatable bonds is 2. The van der Waals surface area contributed by atoms with Gasteiger partial charge in [0.15, 0.2) is 0 Å². The maximum absolute atomic E-state index is 12.2. The van der Waals surface area contributed by atoms with Crippen molar-refractivity contribution in [3.05, 3.63) is 11.6 Å². The Hall–Kier alpha value is -1.52. The molecule has 5 heteroatoms. The van der Waals surface area contributed by atoms with Crippen LogP contribution in [0.1, 0.15) is 53.4 Å². The number of carbonyl (C=O) groups is 2. The van der Waals surface area contributed by atoms with Crippen LogP contribution in [0.15, 0.2) is 11.6 Å². The third kappa shape index (κ3) is 4.02. The minimum absolute atomic E-state index is 0.104.